The van der Waals surface area contributed by atoms with Crippen molar-refractivity contribution in [1.82, 2.24) is 5.32 Å². The van der Waals surface area contributed by atoms with E-state index >= 15 is 0 Å². The number of nitrogens with one attached hydrogen (secondary N) is 1. The van der Waals surface area contributed by atoms with Crippen molar-refractivity contribution >= 4 is 5.97 Å². The fraction of sp³-hybridized carbons (Fsp3) is 0.562. The van der Waals surface area contributed by atoms with Crippen LogP contribution >= 0.6 is 0 Å². The normalized spacial score (nSPS) is 22.7. The summed E-state index contributed by atoms with van der Waals surface area (Å²) in [7, 11) is 0. The number of carboxylic acid groups (broad SMARTS) is 1. The minimum absolute atomic E-state index is 0.189. The molecule has 1 aliphatic carbocycles. The van der Waals surface area contributed by atoms with Gasteiger partial charge in [-0.2, -0.15) is 0 Å². The predicted octanol–water partition coefficient (Wildman–Crippen LogP) is 3.11. The third-order valence-corrected chi connectivity index (χ3v) is 4.20. The van der Waals surface area contributed by atoms with Crippen molar-refractivity contribution < 1.29 is 14.3 Å². The first-order valence-electron chi connectivity index (χ1n) is 7.26. The number of hydrogen-bond acceptors (Lipinski definition) is 2. The van der Waals surface area contributed by atoms with Crippen LogP contribution in [0.1, 0.15) is 36.8 Å². The molecule has 0 heterocycles. The van der Waals surface area contributed by atoms with Gasteiger partial charge in [0.2, 0.25) is 0 Å². The van der Waals surface area contributed by atoms with E-state index in [1.165, 1.54) is 6.07 Å². The molecule has 110 valence electrons. The van der Waals surface area contributed by atoms with Gasteiger partial charge in [0.25, 0.3) is 0 Å². The zero-order valence-electron chi connectivity index (χ0n) is 11.9. The van der Waals surface area contributed by atoms with E-state index in [0.29, 0.717) is 18.7 Å². The summed E-state index contributed by atoms with van der Waals surface area (Å²) >= 11 is 0. The summed E-state index contributed by atoms with van der Waals surface area (Å²) in [5.41, 5.74) is 1.54. The van der Waals surface area contributed by atoms with Crippen LogP contribution in [-0.2, 0) is 11.3 Å². The molecule has 0 aromatic heterocycles. The van der Waals surface area contributed by atoms with Gasteiger partial charge in [0.1, 0.15) is 5.82 Å². The lowest BCUT2D eigenvalue weighted by atomic mass is 9.79. The predicted molar refractivity (Wildman–Crippen MR) is 75.9 cm³/mol. The van der Waals surface area contributed by atoms with Crippen LogP contribution in [0.4, 0.5) is 4.39 Å². The fourth-order valence-corrected chi connectivity index (χ4v) is 2.93. The number of hydrogen-bond donors (Lipinski definition) is 2. The molecule has 0 aliphatic heterocycles. The van der Waals surface area contributed by atoms with Gasteiger partial charge in [0.05, 0.1) is 5.92 Å². The molecule has 0 spiro atoms. The molecule has 1 fully saturated rings. The fourth-order valence-electron chi connectivity index (χ4n) is 2.93. The quantitative estimate of drug-likeness (QED) is 0.870. The number of benzene rings is 1. The summed E-state index contributed by atoms with van der Waals surface area (Å²) in [6.07, 6.45) is 3.86. The van der Waals surface area contributed by atoms with Crippen LogP contribution in [0.25, 0.3) is 0 Å². The van der Waals surface area contributed by atoms with E-state index in [9.17, 15) is 14.3 Å². The SMILES string of the molecule is Cc1ccc(CNCC2CCCCC2C(=O)O)cc1F. The Morgan fingerprint density at radius 3 is 2.85 bits per heavy atom. The molecule has 1 saturated carbocycles. The van der Waals surface area contributed by atoms with Gasteiger partial charge in [-0.1, -0.05) is 25.0 Å². The van der Waals surface area contributed by atoms with Crippen LogP contribution in [0.2, 0.25) is 0 Å². The summed E-state index contributed by atoms with van der Waals surface area (Å²) in [6, 6.07) is 5.21. The Labute approximate surface area is 119 Å². The third kappa shape index (κ3) is 3.79. The molecule has 2 N–H and O–H groups in total. The van der Waals surface area contributed by atoms with Crippen molar-refractivity contribution in [1.29, 1.82) is 0 Å². The molecular weight excluding hydrogens is 257 g/mol. The highest BCUT2D eigenvalue weighted by Crippen LogP contribution is 2.29. The zero-order chi connectivity index (χ0) is 14.5. The highest BCUT2D eigenvalue weighted by Gasteiger charge is 2.30. The van der Waals surface area contributed by atoms with Crippen molar-refractivity contribution in [2.45, 2.75) is 39.2 Å². The molecule has 1 aliphatic rings. The smallest absolute Gasteiger partial charge is 0.306 e. The van der Waals surface area contributed by atoms with Gasteiger partial charge in [0, 0.05) is 6.54 Å². The maximum Gasteiger partial charge on any atom is 0.306 e. The Morgan fingerprint density at radius 1 is 1.40 bits per heavy atom. The standard InChI is InChI=1S/C16H22FNO2/c1-11-6-7-12(8-15(11)17)9-18-10-13-4-2-3-5-14(13)16(19)20/h6-8,13-14,18H,2-5,9-10H2,1H3,(H,19,20). The number of carboxylic acids is 1. The van der Waals surface area contributed by atoms with E-state index in [2.05, 4.69) is 5.32 Å². The van der Waals surface area contributed by atoms with Crippen LogP contribution < -0.4 is 5.32 Å². The van der Waals surface area contributed by atoms with Crippen molar-refractivity contribution in [3.8, 4) is 0 Å². The summed E-state index contributed by atoms with van der Waals surface area (Å²) < 4.78 is 13.4. The van der Waals surface area contributed by atoms with Crippen molar-refractivity contribution in [2.24, 2.45) is 11.8 Å². The molecule has 2 atom stereocenters. The second-order valence-electron chi connectivity index (χ2n) is 5.70. The van der Waals surface area contributed by atoms with Gasteiger partial charge in [0.15, 0.2) is 0 Å². The number of aryl methyl sites for hydroxylation is 1. The van der Waals surface area contributed by atoms with Crippen LogP contribution in [0.5, 0.6) is 0 Å². The van der Waals surface area contributed by atoms with Gasteiger partial charge in [-0.15, -0.1) is 0 Å². The molecule has 0 saturated heterocycles. The van der Waals surface area contributed by atoms with E-state index in [-0.39, 0.29) is 17.7 Å². The first kappa shape index (κ1) is 15.0. The minimum Gasteiger partial charge on any atom is -0.481 e. The van der Waals surface area contributed by atoms with Crippen molar-refractivity contribution in [3.63, 3.8) is 0 Å². The van der Waals surface area contributed by atoms with Crippen LogP contribution in [0.3, 0.4) is 0 Å². The first-order valence-corrected chi connectivity index (χ1v) is 7.26. The molecule has 2 rings (SSSR count). The highest BCUT2D eigenvalue weighted by atomic mass is 19.1. The topological polar surface area (TPSA) is 49.3 Å². The van der Waals surface area contributed by atoms with E-state index in [0.717, 1.165) is 31.2 Å². The van der Waals surface area contributed by atoms with Gasteiger partial charge in [-0.05, 0) is 49.4 Å². The summed E-state index contributed by atoms with van der Waals surface area (Å²) in [6.45, 7) is 3.01. The Bertz CT molecular complexity index is 476. The van der Waals surface area contributed by atoms with Gasteiger partial charge in [-0.25, -0.2) is 4.39 Å². The number of halogens is 1. The molecule has 1 aromatic carbocycles. The molecule has 1 aromatic rings. The first-order chi connectivity index (χ1) is 9.58. The van der Waals surface area contributed by atoms with Gasteiger partial charge in [-0.3, -0.25) is 4.79 Å². The minimum atomic E-state index is -0.683. The molecule has 20 heavy (non-hydrogen) atoms. The number of rotatable bonds is 5. The lowest BCUT2D eigenvalue weighted by molar-refractivity contribution is -0.144. The molecular formula is C16H22FNO2. The third-order valence-electron chi connectivity index (χ3n) is 4.20. The van der Waals surface area contributed by atoms with Crippen LogP contribution in [0.15, 0.2) is 18.2 Å². The van der Waals surface area contributed by atoms with Crippen LogP contribution in [-0.4, -0.2) is 17.6 Å². The van der Waals surface area contributed by atoms with E-state index < -0.39 is 5.97 Å². The maximum atomic E-state index is 13.4. The zero-order valence-corrected chi connectivity index (χ0v) is 11.9. The largest absolute Gasteiger partial charge is 0.481 e. The average Bonchev–Trinajstić information content (AvgIpc) is 2.43. The van der Waals surface area contributed by atoms with E-state index in [1.807, 2.05) is 6.07 Å². The van der Waals surface area contributed by atoms with Gasteiger partial charge < -0.3 is 10.4 Å². The Morgan fingerprint density at radius 2 is 2.15 bits per heavy atom. The van der Waals surface area contributed by atoms with Crippen molar-refractivity contribution in [3.05, 3.63) is 35.1 Å². The number of aliphatic carboxylic acids is 1. The van der Waals surface area contributed by atoms with E-state index in [4.69, 9.17) is 0 Å². The monoisotopic (exact) mass is 279 g/mol. The molecule has 0 bridgehead atoms. The second-order valence-corrected chi connectivity index (χ2v) is 5.70. The van der Waals surface area contributed by atoms with E-state index in [1.54, 1.807) is 13.0 Å². The maximum absolute atomic E-state index is 13.4. The summed E-state index contributed by atoms with van der Waals surface area (Å²) in [5, 5.41) is 12.5. The lowest BCUT2D eigenvalue weighted by Gasteiger charge is -2.28. The van der Waals surface area contributed by atoms with Crippen molar-refractivity contribution in [2.75, 3.05) is 6.54 Å². The molecule has 0 amide bonds. The molecule has 4 heteroatoms. The number of carbonyl (C=O) groups is 1. The van der Waals surface area contributed by atoms with Crippen LogP contribution in [0, 0.1) is 24.6 Å². The summed E-state index contributed by atoms with van der Waals surface area (Å²) in [5.74, 6) is -0.911. The lowest BCUT2D eigenvalue weighted by Crippen LogP contribution is -2.34. The molecule has 0 radical (unpaired) electrons. The average molecular weight is 279 g/mol. The second kappa shape index (κ2) is 6.84. The molecule has 3 nitrogen and oxygen atoms in total. The van der Waals surface area contributed by atoms with Gasteiger partial charge >= 0.3 is 5.97 Å². The Kier molecular flexibility index (Phi) is 5.12. The Hall–Kier alpha value is -1.42. The molecule has 2 unspecified atom stereocenters. The summed E-state index contributed by atoms with van der Waals surface area (Å²) in [4.78, 5) is 11.2. The highest BCUT2D eigenvalue weighted by molar-refractivity contribution is 5.70. The Balaban J connectivity index is 1.85.